The summed E-state index contributed by atoms with van der Waals surface area (Å²) in [7, 11) is 0. The zero-order valence-corrected chi connectivity index (χ0v) is 12.2. The van der Waals surface area contributed by atoms with Crippen LogP contribution in [0, 0.1) is 6.92 Å². The van der Waals surface area contributed by atoms with Crippen molar-refractivity contribution in [3.63, 3.8) is 0 Å². The third-order valence-electron chi connectivity index (χ3n) is 3.56. The topological polar surface area (TPSA) is 28.2 Å². The van der Waals surface area contributed by atoms with Gasteiger partial charge >= 0.3 is 0 Å². The highest BCUT2D eigenvalue weighted by molar-refractivity contribution is 5.85. The highest BCUT2D eigenvalue weighted by atomic mass is 35.5. The fourth-order valence-corrected chi connectivity index (χ4v) is 2.51. The lowest BCUT2D eigenvalue weighted by Gasteiger charge is -2.36. The molecule has 18 heavy (non-hydrogen) atoms. The molecule has 102 valence electrons. The second kappa shape index (κ2) is 7.72. The van der Waals surface area contributed by atoms with Gasteiger partial charge in [0, 0.05) is 38.4 Å². The molecule has 1 unspecified atom stereocenters. The number of hydrogen-bond donors (Lipinski definition) is 1. The molecule has 4 heteroatoms. The predicted molar refractivity (Wildman–Crippen MR) is 78.2 cm³/mol. The minimum Gasteiger partial charge on any atom is -0.314 e. The van der Waals surface area contributed by atoms with E-state index in [9.17, 15) is 0 Å². The van der Waals surface area contributed by atoms with Gasteiger partial charge in [0.1, 0.15) is 0 Å². The summed E-state index contributed by atoms with van der Waals surface area (Å²) in [6.07, 6.45) is 4.43. The van der Waals surface area contributed by atoms with Gasteiger partial charge in [-0.1, -0.05) is 19.4 Å². The van der Waals surface area contributed by atoms with Crippen LogP contribution in [0.15, 0.2) is 18.3 Å². The van der Waals surface area contributed by atoms with Gasteiger partial charge in [0.2, 0.25) is 0 Å². The fraction of sp³-hybridized carbons (Fsp3) is 0.643. The largest absolute Gasteiger partial charge is 0.314 e. The van der Waals surface area contributed by atoms with Crippen molar-refractivity contribution < 1.29 is 0 Å². The smallest absolute Gasteiger partial charge is 0.0573 e. The van der Waals surface area contributed by atoms with Crippen LogP contribution in [0.25, 0.3) is 0 Å². The van der Waals surface area contributed by atoms with E-state index >= 15 is 0 Å². The first-order valence-corrected chi connectivity index (χ1v) is 6.66. The molecule has 3 nitrogen and oxygen atoms in total. The molecule has 0 bridgehead atoms. The number of piperazine rings is 1. The molecule has 1 aliphatic rings. The van der Waals surface area contributed by atoms with Crippen LogP contribution in [0.1, 0.15) is 31.0 Å². The summed E-state index contributed by atoms with van der Waals surface area (Å²) >= 11 is 0. The van der Waals surface area contributed by atoms with Crippen LogP contribution in [0.5, 0.6) is 0 Å². The van der Waals surface area contributed by atoms with E-state index in [0.29, 0.717) is 6.04 Å². The Labute approximate surface area is 116 Å². The van der Waals surface area contributed by atoms with Crippen molar-refractivity contribution in [2.45, 2.75) is 39.3 Å². The van der Waals surface area contributed by atoms with Crippen LogP contribution in [0.3, 0.4) is 0 Å². The van der Waals surface area contributed by atoms with E-state index in [4.69, 9.17) is 0 Å². The predicted octanol–water partition coefficient (Wildman–Crippen LogP) is 2.39. The van der Waals surface area contributed by atoms with E-state index in [-0.39, 0.29) is 12.4 Å². The van der Waals surface area contributed by atoms with Crippen LogP contribution in [0.2, 0.25) is 0 Å². The van der Waals surface area contributed by atoms with Gasteiger partial charge in [-0.2, -0.15) is 0 Å². The molecule has 1 aromatic rings. The standard InChI is InChI=1S/C14H23N3.ClH/c1-3-5-13-10-15-8-9-17(13)11-14-12(2)6-4-7-16-14;/h4,6-7,13,15H,3,5,8-11H2,1-2H3;1H. The second-order valence-electron chi connectivity index (χ2n) is 4.88. The molecule has 1 aliphatic heterocycles. The van der Waals surface area contributed by atoms with E-state index < -0.39 is 0 Å². The molecule has 2 rings (SSSR count). The average molecular weight is 270 g/mol. The zero-order valence-electron chi connectivity index (χ0n) is 11.4. The van der Waals surface area contributed by atoms with Gasteiger partial charge in [-0.25, -0.2) is 0 Å². The number of halogens is 1. The van der Waals surface area contributed by atoms with Gasteiger partial charge in [0.15, 0.2) is 0 Å². The van der Waals surface area contributed by atoms with Gasteiger partial charge in [-0.15, -0.1) is 12.4 Å². The summed E-state index contributed by atoms with van der Waals surface area (Å²) in [5, 5.41) is 3.49. The van der Waals surface area contributed by atoms with Crippen molar-refractivity contribution in [1.29, 1.82) is 0 Å². The molecule has 0 saturated carbocycles. The van der Waals surface area contributed by atoms with Gasteiger partial charge in [0.25, 0.3) is 0 Å². The summed E-state index contributed by atoms with van der Waals surface area (Å²) in [5.41, 5.74) is 2.54. The second-order valence-corrected chi connectivity index (χ2v) is 4.88. The summed E-state index contributed by atoms with van der Waals surface area (Å²) in [4.78, 5) is 7.08. The van der Waals surface area contributed by atoms with E-state index in [1.165, 1.54) is 24.1 Å². The number of aryl methyl sites for hydroxylation is 1. The third-order valence-corrected chi connectivity index (χ3v) is 3.56. The monoisotopic (exact) mass is 269 g/mol. The minimum atomic E-state index is 0. The zero-order chi connectivity index (χ0) is 12.1. The molecule has 2 heterocycles. The molecule has 1 N–H and O–H groups in total. The maximum Gasteiger partial charge on any atom is 0.0573 e. The SMILES string of the molecule is CCCC1CNCCN1Cc1ncccc1C.Cl. The molecule has 0 spiro atoms. The Bertz CT molecular complexity index is 355. The van der Waals surface area contributed by atoms with E-state index in [0.717, 1.165) is 26.2 Å². The third kappa shape index (κ3) is 3.94. The van der Waals surface area contributed by atoms with Crippen LogP contribution in [-0.2, 0) is 6.54 Å². The lowest BCUT2D eigenvalue weighted by atomic mass is 10.1. The Morgan fingerprint density at radius 3 is 3.06 bits per heavy atom. The van der Waals surface area contributed by atoms with Crippen LogP contribution in [-0.4, -0.2) is 35.6 Å². The molecule has 0 aromatic carbocycles. The Morgan fingerprint density at radius 2 is 2.33 bits per heavy atom. The molecule has 0 radical (unpaired) electrons. The lowest BCUT2D eigenvalue weighted by Crippen LogP contribution is -2.50. The van der Waals surface area contributed by atoms with E-state index in [1.807, 2.05) is 12.3 Å². The number of pyridine rings is 1. The first-order valence-electron chi connectivity index (χ1n) is 6.66. The maximum atomic E-state index is 4.50. The maximum absolute atomic E-state index is 4.50. The van der Waals surface area contributed by atoms with Crippen molar-refractivity contribution in [2.24, 2.45) is 0 Å². The Balaban J connectivity index is 0.00000162. The number of hydrogen-bond acceptors (Lipinski definition) is 3. The molecule has 0 amide bonds. The number of rotatable bonds is 4. The average Bonchev–Trinajstić information content (AvgIpc) is 2.35. The van der Waals surface area contributed by atoms with E-state index in [1.54, 1.807) is 0 Å². The minimum absolute atomic E-state index is 0. The van der Waals surface area contributed by atoms with Crippen LogP contribution < -0.4 is 5.32 Å². The van der Waals surface area contributed by atoms with Crippen molar-refractivity contribution in [1.82, 2.24) is 15.2 Å². The van der Waals surface area contributed by atoms with Gasteiger partial charge in [-0.3, -0.25) is 9.88 Å². The first-order chi connectivity index (χ1) is 8.31. The summed E-state index contributed by atoms with van der Waals surface area (Å²) in [6.45, 7) is 8.78. The van der Waals surface area contributed by atoms with Crippen molar-refractivity contribution in [2.75, 3.05) is 19.6 Å². The first kappa shape index (κ1) is 15.4. The quantitative estimate of drug-likeness (QED) is 0.910. The van der Waals surface area contributed by atoms with E-state index in [2.05, 4.69) is 35.1 Å². The van der Waals surface area contributed by atoms with Crippen molar-refractivity contribution in [3.05, 3.63) is 29.6 Å². The van der Waals surface area contributed by atoms with Crippen LogP contribution >= 0.6 is 12.4 Å². The molecular formula is C14H24ClN3. The number of nitrogens with one attached hydrogen (secondary N) is 1. The molecular weight excluding hydrogens is 246 g/mol. The Kier molecular flexibility index (Phi) is 6.61. The Morgan fingerprint density at radius 1 is 1.50 bits per heavy atom. The van der Waals surface area contributed by atoms with Crippen molar-refractivity contribution >= 4 is 12.4 Å². The fourth-order valence-electron chi connectivity index (χ4n) is 2.51. The molecule has 0 aliphatic carbocycles. The normalized spacial score (nSPS) is 20.4. The number of aromatic nitrogens is 1. The molecule has 1 fully saturated rings. The van der Waals surface area contributed by atoms with Crippen molar-refractivity contribution in [3.8, 4) is 0 Å². The van der Waals surface area contributed by atoms with Gasteiger partial charge < -0.3 is 5.32 Å². The molecule has 1 aromatic heterocycles. The summed E-state index contributed by atoms with van der Waals surface area (Å²) < 4.78 is 0. The summed E-state index contributed by atoms with van der Waals surface area (Å²) in [6, 6.07) is 4.84. The number of nitrogens with zero attached hydrogens (tertiary/aromatic N) is 2. The lowest BCUT2D eigenvalue weighted by molar-refractivity contribution is 0.142. The molecule has 1 atom stereocenters. The van der Waals surface area contributed by atoms with Gasteiger partial charge in [0.05, 0.1) is 5.69 Å². The molecule has 1 saturated heterocycles. The Hall–Kier alpha value is -0.640. The highest BCUT2D eigenvalue weighted by Gasteiger charge is 2.21. The highest BCUT2D eigenvalue weighted by Crippen LogP contribution is 2.14. The summed E-state index contributed by atoms with van der Waals surface area (Å²) in [5.74, 6) is 0. The van der Waals surface area contributed by atoms with Gasteiger partial charge in [-0.05, 0) is 25.0 Å². The van der Waals surface area contributed by atoms with Crippen LogP contribution in [0.4, 0.5) is 0 Å².